The van der Waals surface area contributed by atoms with Crippen LogP contribution in [-0.4, -0.2) is 39.2 Å². The Labute approximate surface area is 116 Å². The largest absolute Gasteiger partial charge is 0.355 e. The number of anilines is 2. The first-order valence-corrected chi connectivity index (χ1v) is 6.63. The molecule has 0 spiro atoms. The molecule has 2 N–H and O–H groups in total. The lowest BCUT2D eigenvalue weighted by molar-refractivity contribution is -0.120. The molecule has 1 saturated heterocycles. The molecule has 1 aliphatic heterocycles. The number of H-pyrrole nitrogens is 1. The summed E-state index contributed by atoms with van der Waals surface area (Å²) in [7, 11) is 0. The molecule has 7 nitrogen and oxygen atoms in total. The summed E-state index contributed by atoms with van der Waals surface area (Å²) in [5.41, 5.74) is 0.701. The molecule has 2 aromatic rings. The Bertz CT molecular complexity index is 556. The first-order chi connectivity index (χ1) is 9.83. The first kappa shape index (κ1) is 12.6. The van der Waals surface area contributed by atoms with E-state index in [2.05, 4.69) is 30.4 Å². The quantitative estimate of drug-likeness (QED) is 0.872. The molecular formula is C13H16N6O. The predicted molar refractivity (Wildman–Crippen MR) is 74.2 cm³/mol. The normalized spacial score (nSPS) is 18.8. The minimum Gasteiger partial charge on any atom is -0.355 e. The molecule has 0 unspecified atom stereocenters. The van der Waals surface area contributed by atoms with Gasteiger partial charge in [-0.15, -0.1) is 0 Å². The van der Waals surface area contributed by atoms with Crippen LogP contribution in [0, 0.1) is 5.92 Å². The van der Waals surface area contributed by atoms with Crippen molar-refractivity contribution in [2.75, 3.05) is 23.3 Å². The third kappa shape index (κ3) is 2.76. The summed E-state index contributed by atoms with van der Waals surface area (Å²) in [6, 6.07) is 0. The molecule has 104 valence electrons. The van der Waals surface area contributed by atoms with Crippen molar-refractivity contribution in [1.82, 2.24) is 20.2 Å². The Morgan fingerprint density at radius 1 is 1.40 bits per heavy atom. The molecule has 3 rings (SSSR count). The van der Waals surface area contributed by atoms with Crippen LogP contribution in [0.2, 0.25) is 0 Å². The molecule has 20 heavy (non-hydrogen) atoms. The van der Waals surface area contributed by atoms with Crippen LogP contribution in [0.4, 0.5) is 11.5 Å². The Hall–Kier alpha value is -2.44. The predicted octanol–water partition coefficient (Wildman–Crippen LogP) is 1.05. The Kier molecular flexibility index (Phi) is 3.58. The Morgan fingerprint density at radius 3 is 3.10 bits per heavy atom. The highest BCUT2D eigenvalue weighted by atomic mass is 16.1. The molecule has 0 radical (unpaired) electrons. The van der Waals surface area contributed by atoms with Gasteiger partial charge in [-0.05, 0) is 12.8 Å². The highest BCUT2D eigenvalue weighted by Crippen LogP contribution is 2.22. The van der Waals surface area contributed by atoms with Crippen molar-refractivity contribution < 1.29 is 4.79 Å². The third-order valence-electron chi connectivity index (χ3n) is 3.43. The van der Waals surface area contributed by atoms with Crippen LogP contribution in [0.25, 0.3) is 0 Å². The van der Waals surface area contributed by atoms with Crippen molar-refractivity contribution in [2.24, 2.45) is 5.92 Å². The van der Waals surface area contributed by atoms with Crippen LogP contribution >= 0.6 is 0 Å². The zero-order valence-corrected chi connectivity index (χ0v) is 11.0. The average Bonchev–Trinajstić information content (AvgIpc) is 3.01. The van der Waals surface area contributed by atoms with E-state index in [4.69, 9.17) is 0 Å². The van der Waals surface area contributed by atoms with Crippen LogP contribution in [0.15, 0.2) is 31.0 Å². The topological polar surface area (TPSA) is 86.8 Å². The number of aromatic amines is 1. The van der Waals surface area contributed by atoms with Crippen LogP contribution in [0.5, 0.6) is 0 Å². The molecule has 1 fully saturated rings. The number of carbonyl (C=O) groups excluding carboxylic acids is 1. The van der Waals surface area contributed by atoms with E-state index >= 15 is 0 Å². The van der Waals surface area contributed by atoms with Crippen LogP contribution in [0.3, 0.4) is 0 Å². The summed E-state index contributed by atoms with van der Waals surface area (Å²) in [4.78, 5) is 22.7. The van der Waals surface area contributed by atoms with E-state index in [-0.39, 0.29) is 11.8 Å². The monoisotopic (exact) mass is 272 g/mol. The van der Waals surface area contributed by atoms with Gasteiger partial charge in [-0.2, -0.15) is 5.10 Å². The third-order valence-corrected chi connectivity index (χ3v) is 3.43. The smallest absolute Gasteiger partial charge is 0.229 e. The summed E-state index contributed by atoms with van der Waals surface area (Å²) < 4.78 is 0. The first-order valence-electron chi connectivity index (χ1n) is 6.63. The van der Waals surface area contributed by atoms with Gasteiger partial charge in [0.25, 0.3) is 0 Å². The van der Waals surface area contributed by atoms with Crippen molar-refractivity contribution in [2.45, 2.75) is 12.8 Å². The van der Waals surface area contributed by atoms with Crippen LogP contribution in [0.1, 0.15) is 12.8 Å². The molecule has 1 amide bonds. The van der Waals surface area contributed by atoms with Gasteiger partial charge in [0.05, 0.1) is 24.0 Å². The second-order valence-electron chi connectivity index (χ2n) is 4.83. The molecule has 1 aliphatic rings. The van der Waals surface area contributed by atoms with E-state index in [1.165, 1.54) is 0 Å². The van der Waals surface area contributed by atoms with Gasteiger partial charge in [0.1, 0.15) is 5.82 Å². The summed E-state index contributed by atoms with van der Waals surface area (Å²) in [5.74, 6) is 0.814. The fourth-order valence-electron chi connectivity index (χ4n) is 2.42. The van der Waals surface area contributed by atoms with E-state index in [1.54, 1.807) is 31.0 Å². The van der Waals surface area contributed by atoms with Crippen molar-refractivity contribution in [3.63, 3.8) is 0 Å². The number of hydrogen-bond acceptors (Lipinski definition) is 5. The summed E-state index contributed by atoms with van der Waals surface area (Å²) in [5, 5.41) is 9.36. The lowest BCUT2D eigenvalue weighted by Crippen LogP contribution is -2.41. The highest BCUT2D eigenvalue weighted by molar-refractivity contribution is 5.92. The Morgan fingerprint density at radius 2 is 2.35 bits per heavy atom. The van der Waals surface area contributed by atoms with Crippen molar-refractivity contribution in [3.05, 3.63) is 31.0 Å². The van der Waals surface area contributed by atoms with Gasteiger partial charge in [0, 0.05) is 31.7 Å². The summed E-state index contributed by atoms with van der Waals surface area (Å²) in [6.07, 6.45) is 10.2. The second-order valence-corrected chi connectivity index (χ2v) is 4.83. The minimum absolute atomic E-state index is 0.0278. The SMILES string of the molecule is O=C(Nc1cn[nH]c1)[C@@H]1CCCN(c2cnccn2)C1. The van der Waals surface area contributed by atoms with Gasteiger partial charge >= 0.3 is 0 Å². The molecule has 1 atom stereocenters. The Balaban J connectivity index is 1.64. The number of aromatic nitrogens is 4. The van der Waals surface area contributed by atoms with Gasteiger partial charge in [0.15, 0.2) is 0 Å². The van der Waals surface area contributed by atoms with E-state index in [9.17, 15) is 4.79 Å². The average molecular weight is 272 g/mol. The molecule has 0 saturated carbocycles. The van der Waals surface area contributed by atoms with Gasteiger partial charge < -0.3 is 10.2 Å². The molecule has 3 heterocycles. The van der Waals surface area contributed by atoms with Gasteiger partial charge in [0.2, 0.25) is 5.91 Å². The highest BCUT2D eigenvalue weighted by Gasteiger charge is 2.26. The maximum atomic E-state index is 12.2. The summed E-state index contributed by atoms with van der Waals surface area (Å²) in [6.45, 7) is 1.58. The molecule has 0 aliphatic carbocycles. The molecule has 0 bridgehead atoms. The van der Waals surface area contributed by atoms with Crippen molar-refractivity contribution in [3.8, 4) is 0 Å². The summed E-state index contributed by atoms with van der Waals surface area (Å²) >= 11 is 0. The number of carbonyl (C=O) groups is 1. The van der Waals surface area contributed by atoms with Crippen LogP contribution in [-0.2, 0) is 4.79 Å². The van der Waals surface area contributed by atoms with E-state index in [0.29, 0.717) is 12.2 Å². The van der Waals surface area contributed by atoms with Gasteiger partial charge in [-0.1, -0.05) is 0 Å². The number of nitrogens with zero attached hydrogens (tertiary/aromatic N) is 4. The van der Waals surface area contributed by atoms with Crippen molar-refractivity contribution in [1.29, 1.82) is 0 Å². The zero-order valence-electron chi connectivity index (χ0n) is 11.0. The van der Waals surface area contributed by atoms with Crippen LogP contribution < -0.4 is 10.2 Å². The molecule has 0 aromatic carbocycles. The van der Waals surface area contributed by atoms with Gasteiger partial charge in [-0.3, -0.25) is 14.9 Å². The second kappa shape index (κ2) is 5.68. The standard InChI is InChI=1S/C13H16N6O/c20-13(18-11-6-16-17-7-11)10-2-1-5-19(9-10)12-8-14-3-4-15-12/h3-4,6-8,10H,1-2,5,9H2,(H,16,17)(H,18,20)/t10-/m1/s1. The minimum atomic E-state index is -0.0411. The lowest BCUT2D eigenvalue weighted by atomic mass is 9.97. The number of amides is 1. The van der Waals surface area contributed by atoms with Crippen molar-refractivity contribution >= 4 is 17.4 Å². The zero-order chi connectivity index (χ0) is 13.8. The molecular weight excluding hydrogens is 256 g/mol. The maximum absolute atomic E-state index is 12.2. The van der Waals surface area contributed by atoms with E-state index < -0.39 is 0 Å². The number of rotatable bonds is 3. The number of hydrogen-bond donors (Lipinski definition) is 2. The fraction of sp³-hybridized carbons (Fsp3) is 0.385. The number of piperidine rings is 1. The maximum Gasteiger partial charge on any atom is 0.229 e. The fourth-order valence-corrected chi connectivity index (χ4v) is 2.42. The van der Waals surface area contributed by atoms with Gasteiger partial charge in [-0.25, -0.2) is 4.98 Å². The number of nitrogens with one attached hydrogen (secondary N) is 2. The molecule has 7 heteroatoms. The molecule has 2 aromatic heterocycles. The van der Waals surface area contributed by atoms with E-state index in [0.717, 1.165) is 25.2 Å². The van der Waals surface area contributed by atoms with E-state index in [1.807, 2.05) is 0 Å². The lowest BCUT2D eigenvalue weighted by Gasteiger charge is -2.32.